The number of rotatable bonds is 4. The molecular weight excluding hydrogens is 238 g/mol. The standard InChI is InChI=1S/C12H16ClN3O/c1-8(7-17)14-6-12-15-10-5-9(13)3-4-11(10)16(12)2/h3-5,8,14,17H,6-7H2,1-2H3/t8-/m1/s1. The molecule has 17 heavy (non-hydrogen) atoms. The van der Waals surface area contributed by atoms with E-state index in [1.165, 1.54) is 0 Å². The molecule has 2 N–H and O–H groups in total. The first-order chi connectivity index (χ1) is 8.11. The molecule has 92 valence electrons. The Morgan fingerprint density at radius 2 is 2.29 bits per heavy atom. The number of nitrogens with one attached hydrogen (secondary N) is 1. The predicted octanol–water partition coefficient (Wildman–Crippen LogP) is 1.70. The lowest BCUT2D eigenvalue weighted by Gasteiger charge is -2.10. The van der Waals surface area contributed by atoms with E-state index in [0.717, 1.165) is 16.9 Å². The molecule has 0 amide bonds. The fourth-order valence-corrected chi connectivity index (χ4v) is 1.88. The van der Waals surface area contributed by atoms with Gasteiger partial charge < -0.3 is 15.0 Å². The van der Waals surface area contributed by atoms with Gasteiger partial charge in [0.15, 0.2) is 0 Å². The Kier molecular flexibility index (Phi) is 3.66. The summed E-state index contributed by atoms with van der Waals surface area (Å²) in [6.07, 6.45) is 0. The number of aryl methyl sites for hydroxylation is 1. The zero-order chi connectivity index (χ0) is 12.4. The maximum absolute atomic E-state index is 8.95. The summed E-state index contributed by atoms with van der Waals surface area (Å²) < 4.78 is 2.03. The number of halogens is 1. The van der Waals surface area contributed by atoms with Crippen LogP contribution in [0.3, 0.4) is 0 Å². The van der Waals surface area contributed by atoms with Crippen LogP contribution in [0.4, 0.5) is 0 Å². The fourth-order valence-electron chi connectivity index (χ4n) is 1.71. The Labute approximate surface area is 105 Å². The first-order valence-electron chi connectivity index (χ1n) is 5.57. The molecule has 0 saturated carbocycles. The Morgan fingerprint density at radius 1 is 1.53 bits per heavy atom. The van der Waals surface area contributed by atoms with Crippen LogP contribution in [-0.2, 0) is 13.6 Å². The van der Waals surface area contributed by atoms with Crippen LogP contribution < -0.4 is 5.32 Å². The SMILES string of the molecule is C[C@H](CO)NCc1nc2cc(Cl)ccc2n1C. The van der Waals surface area contributed by atoms with E-state index < -0.39 is 0 Å². The van der Waals surface area contributed by atoms with Gasteiger partial charge in [-0.25, -0.2) is 4.98 Å². The third-order valence-electron chi connectivity index (χ3n) is 2.82. The molecule has 0 radical (unpaired) electrons. The monoisotopic (exact) mass is 253 g/mol. The molecule has 0 spiro atoms. The molecule has 1 aromatic heterocycles. The average Bonchev–Trinajstić information content (AvgIpc) is 2.62. The first-order valence-corrected chi connectivity index (χ1v) is 5.94. The summed E-state index contributed by atoms with van der Waals surface area (Å²) in [6.45, 7) is 2.68. The van der Waals surface area contributed by atoms with Crippen LogP contribution in [0.2, 0.25) is 5.02 Å². The number of imidazole rings is 1. The van der Waals surface area contributed by atoms with Crippen molar-refractivity contribution in [2.75, 3.05) is 6.61 Å². The van der Waals surface area contributed by atoms with Crippen molar-refractivity contribution in [1.82, 2.24) is 14.9 Å². The smallest absolute Gasteiger partial charge is 0.123 e. The quantitative estimate of drug-likeness (QED) is 0.872. The van der Waals surface area contributed by atoms with Crippen LogP contribution in [0, 0.1) is 0 Å². The topological polar surface area (TPSA) is 50.1 Å². The van der Waals surface area contributed by atoms with E-state index in [2.05, 4.69) is 10.3 Å². The zero-order valence-electron chi connectivity index (χ0n) is 9.94. The van der Waals surface area contributed by atoms with Gasteiger partial charge in [-0.2, -0.15) is 0 Å². The minimum absolute atomic E-state index is 0.0680. The molecular formula is C12H16ClN3O. The summed E-state index contributed by atoms with van der Waals surface area (Å²) in [6, 6.07) is 5.75. The van der Waals surface area contributed by atoms with Crippen molar-refractivity contribution < 1.29 is 5.11 Å². The summed E-state index contributed by atoms with van der Waals surface area (Å²) in [4.78, 5) is 4.51. The summed E-state index contributed by atoms with van der Waals surface area (Å²) in [5.41, 5.74) is 1.95. The lowest BCUT2D eigenvalue weighted by molar-refractivity contribution is 0.250. The fraction of sp³-hybridized carbons (Fsp3) is 0.417. The van der Waals surface area contributed by atoms with Crippen LogP contribution in [0.15, 0.2) is 18.2 Å². The van der Waals surface area contributed by atoms with Gasteiger partial charge in [-0.1, -0.05) is 11.6 Å². The molecule has 0 fully saturated rings. The van der Waals surface area contributed by atoms with E-state index in [1.807, 2.05) is 36.7 Å². The minimum Gasteiger partial charge on any atom is -0.395 e. The van der Waals surface area contributed by atoms with Crippen molar-refractivity contribution in [1.29, 1.82) is 0 Å². The molecule has 5 heteroatoms. The van der Waals surface area contributed by atoms with Crippen LogP contribution in [0.1, 0.15) is 12.7 Å². The highest BCUT2D eigenvalue weighted by Crippen LogP contribution is 2.19. The largest absolute Gasteiger partial charge is 0.395 e. The van der Waals surface area contributed by atoms with E-state index in [0.29, 0.717) is 11.6 Å². The number of benzene rings is 1. The summed E-state index contributed by atoms with van der Waals surface area (Å²) in [5.74, 6) is 0.933. The van der Waals surface area contributed by atoms with Gasteiger partial charge in [0.25, 0.3) is 0 Å². The molecule has 1 heterocycles. The summed E-state index contributed by atoms with van der Waals surface area (Å²) in [7, 11) is 1.98. The van der Waals surface area contributed by atoms with Gasteiger partial charge in [-0.3, -0.25) is 0 Å². The van der Waals surface area contributed by atoms with Gasteiger partial charge >= 0.3 is 0 Å². The van der Waals surface area contributed by atoms with Crippen molar-refractivity contribution >= 4 is 22.6 Å². The summed E-state index contributed by atoms with van der Waals surface area (Å²) >= 11 is 5.93. The van der Waals surface area contributed by atoms with Crippen molar-refractivity contribution in [2.45, 2.75) is 19.5 Å². The molecule has 0 bridgehead atoms. The van der Waals surface area contributed by atoms with Crippen LogP contribution in [0.5, 0.6) is 0 Å². The Bertz CT molecular complexity index is 524. The summed E-state index contributed by atoms with van der Waals surface area (Å²) in [5, 5.41) is 12.8. The number of nitrogens with zero attached hydrogens (tertiary/aromatic N) is 2. The van der Waals surface area contributed by atoms with Crippen LogP contribution in [-0.4, -0.2) is 27.3 Å². The van der Waals surface area contributed by atoms with Gasteiger partial charge in [0.2, 0.25) is 0 Å². The van der Waals surface area contributed by atoms with Crippen molar-refractivity contribution in [3.05, 3.63) is 29.0 Å². The molecule has 0 aliphatic carbocycles. The molecule has 4 nitrogen and oxygen atoms in total. The van der Waals surface area contributed by atoms with E-state index in [-0.39, 0.29) is 12.6 Å². The number of hydrogen-bond acceptors (Lipinski definition) is 3. The normalized spacial score (nSPS) is 13.2. The molecule has 2 rings (SSSR count). The third-order valence-corrected chi connectivity index (χ3v) is 3.05. The highest BCUT2D eigenvalue weighted by Gasteiger charge is 2.08. The van der Waals surface area contributed by atoms with E-state index in [4.69, 9.17) is 16.7 Å². The number of aliphatic hydroxyl groups excluding tert-OH is 1. The van der Waals surface area contributed by atoms with E-state index in [1.54, 1.807) is 0 Å². The van der Waals surface area contributed by atoms with Gasteiger partial charge in [0.05, 0.1) is 24.2 Å². The predicted molar refractivity (Wildman–Crippen MR) is 69.1 cm³/mol. The number of fused-ring (bicyclic) bond motifs is 1. The van der Waals surface area contributed by atoms with E-state index in [9.17, 15) is 0 Å². The Hall–Kier alpha value is -1.10. The highest BCUT2D eigenvalue weighted by molar-refractivity contribution is 6.31. The van der Waals surface area contributed by atoms with Gasteiger partial charge in [0.1, 0.15) is 5.82 Å². The Morgan fingerprint density at radius 3 is 3.00 bits per heavy atom. The molecule has 0 unspecified atom stereocenters. The molecule has 0 aliphatic rings. The molecule has 1 aromatic carbocycles. The maximum Gasteiger partial charge on any atom is 0.123 e. The Balaban J connectivity index is 2.26. The molecule has 0 saturated heterocycles. The maximum atomic E-state index is 8.95. The van der Waals surface area contributed by atoms with Gasteiger partial charge in [-0.15, -0.1) is 0 Å². The van der Waals surface area contributed by atoms with Crippen molar-refractivity contribution in [2.24, 2.45) is 7.05 Å². The number of hydrogen-bond donors (Lipinski definition) is 2. The molecule has 0 aliphatic heterocycles. The van der Waals surface area contributed by atoms with Gasteiger partial charge in [-0.05, 0) is 25.1 Å². The second kappa shape index (κ2) is 5.04. The van der Waals surface area contributed by atoms with E-state index >= 15 is 0 Å². The van der Waals surface area contributed by atoms with Gasteiger partial charge in [0, 0.05) is 18.1 Å². The second-order valence-corrected chi connectivity index (χ2v) is 4.62. The lowest BCUT2D eigenvalue weighted by Crippen LogP contribution is -2.29. The molecule has 2 aromatic rings. The lowest BCUT2D eigenvalue weighted by atomic mass is 10.3. The average molecular weight is 254 g/mol. The van der Waals surface area contributed by atoms with Crippen molar-refractivity contribution in [3.8, 4) is 0 Å². The molecule has 1 atom stereocenters. The first kappa shape index (κ1) is 12.4. The zero-order valence-corrected chi connectivity index (χ0v) is 10.7. The van der Waals surface area contributed by atoms with Crippen LogP contribution in [0.25, 0.3) is 11.0 Å². The number of aromatic nitrogens is 2. The highest BCUT2D eigenvalue weighted by atomic mass is 35.5. The second-order valence-electron chi connectivity index (χ2n) is 4.18. The van der Waals surface area contributed by atoms with Crippen LogP contribution >= 0.6 is 11.6 Å². The number of aliphatic hydroxyl groups is 1. The minimum atomic E-state index is 0.0680. The van der Waals surface area contributed by atoms with Crippen molar-refractivity contribution in [3.63, 3.8) is 0 Å². The third kappa shape index (κ3) is 2.60.